The molecule has 194 valence electrons. The number of rotatable bonds is 10. The van der Waals surface area contributed by atoms with Crippen LogP contribution >= 0.6 is 0 Å². The van der Waals surface area contributed by atoms with Crippen molar-refractivity contribution in [2.24, 2.45) is 11.8 Å². The SMILES string of the molecule is CCCc1ccc(OC)c(CN[C@H]2[C@H]3CCN(C[C@@H]3C(=O)O)[C@H]2C(c2ccccc2)c2ccccc2)c1. The average Bonchev–Trinajstić information content (AvgIpc) is 2.94. The van der Waals surface area contributed by atoms with E-state index in [0.29, 0.717) is 13.1 Å². The molecule has 0 saturated carbocycles. The molecule has 3 aliphatic heterocycles. The zero-order chi connectivity index (χ0) is 25.8. The van der Waals surface area contributed by atoms with E-state index in [9.17, 15) is 9.90 Å². The molecule has 2 bridgehead atoms. The largest absolute Gasteiger partial charge is 0.496 e. The highest BCUT2D eigenvalue weighted by atomic mass is 16.5. The Morgan fingerprint density at radius 1 is 1.05 bits per heavy atom. The van der Waals surface area contributed by atoms with Crippen LogP contribution in [0.1, 0.15) is 47.9 Å². The van der Waals surface area contributed by atoms with Gasteiger partial charge in [-0.15, -0.1) is 0 Å². The van der Waals surface area contributed by atoms with Gasteiger partial charge in [0.1, 0.15) is 5.75 Å². The zero-order valence-electron chi connectivity index (χ0n) is 21.8. The molecule has 0 radical (unpaired) electrons. The molecule has 6 rings (SSSR count). The molecule has 3 aliphatic rings. The summed E-state index contributed by atoms with van der Waals surface area (Å²) in [6.45, 7) is 4.38. The summed E-state index contributed by atoms with van der Waals surface area (Å²) >= 11 is 0. The topological polar surface area (TPSA) is 61.8 Å². The summed E-state index contributed by atoms with van der Waals surface area (Å²) in [4.78, 5) is 14.8. The minimum absolute atomic E-state index is 0.0357. The maximum Gasteiger partial charge on any atom is 0.308 e. The number of ether oxygens (including phenoxy) is 1. The molecular formula is C32H38N2O3. The van der Waals surface area contributed by atoms with E-state index in [-0.39, 0.29) is 29.8 Å². The van der Waals surface area contributed by atoms with Crippen molar-refractivity contribution >= 4 is 5.97 Å². The lowest BCUT2D eigenvalue weighted by molar-refractivity contribution is -0.152. The van der Waals surface area contributed by atoms with Gasteiger partial charge in [0.15, 0.2) is 0 Å². The van der Waals surface area contributed by atoms with E-state index in [0.717, 1.165) is 37.1 Å². The Morgan fingerprint density at radius 3 is 2.32 bits per heavy atom. The third kappa shape index (κ3) is 5.29. The first-order valence-corrected chi connectivity index (χ1v) is 13.6. The van der Waals surface area contributed by atoms with Crippen LogP contribution in [0.5, 0.6) is 5.75 Å². The molecule has 2 N–H and O–H groups in total. The first-order chi connectivity index (χ1) is 18.1. The molecule has 0 aliphatic carbocycles. The monoisotopic (exact) mass is 498 g/mol. The van der Waals surface area contributed by atoms with Gasteiger partial charge in [0.25, 0.3) is 0 Å². The van der Waals surface area contributed by atoms with E-state index in [2.05, 4.69) is 96.0 Å². The maximum atomic E-state index is 12.3. The lowest BCUT2D eigenvalue weighted by atomic mass is 9.66. The number of nitrogens with zero attached hydrogens (tertiary/aromatic N) is 1. The van der Waals surface area contributed by atoms with Gasteiger partial charge in [0.05, 0.1) is 13.0 Å². The van der Waals surface area contributed by atoms with Crippen LogP contribution in [0.15, 0.2) is 78.9 Å². The summed E-state index contributed by atoms with van der Waals surface area (Å²) in [5.41, 5.74) is 4.98. The second kappa shape index (κ2) is 11.5. The molecule has 37 heavy (non-hydrogen) atoms. The summed E-state index contributed by atoms with van der Waals surface area (Å²) in [5.74, 6) is 0.0575. The molecule has 1 unspecified atom stereocenters. The van der Waals surface area contributed by atoms with Gasteiger partial charge in [-0.05, 0) is 48.1 Å². The van der Waals surface area contributed by atoms with E-state index in [1.807, 2.05) is 0 Å². The van der Waals surface area contributed by atoms with Gasteiger partial charge in [0.2, 0.25) is 0 Å². The van der Waals surface area contributed by atoms with Crippen LogP contribution in [0.4, 0.5) is 0 Å². The van der Waals surface area contributed by atoms with Gasteiger partial charge in [-0.1, -0.05) is 86.1 Å². The first-order valence-electron chi connectivity index (χ1n) is 13.6. The van der Waals surface area contributed by atoms with Crippen molar-refractivity contribution in [2.75, 3.05) is 20.2 Å². The average molecular weight is 499 g/mol. The van der Waals surface area contributed by atoms with E-state index in [4.69, 9.17) is 4.74 Å². The third-order valence-electron chi connectivity index (χ3n) is 8.34. The van der Waals surface area contributed by atoms with Crippen LogP contribution in [-0.4, -0.2) is 48.3 Å². The number of aryl methyl sites for hydroxylation is 1. The number of carboxylic acids is 1. The molecule has 0 spiro atoms. The van der Waals surface area contributed by atoms with Crippen LogP contribution in [0, 0.1) is 11.8 Å². The number of methoxy groups -OCH3 is 1. The van der Waals surface area contributed by atoms with Crippen LogP contribution in [-0.2, 0) is 17.8 Å². The number of benzene rings is 3. The second-order valence-electron chi connectivity index (χ2n) is 10.5. The molecule has 3 saturated heterocycles. The minimum atomic E-state index is -0.682. The van der Waals surface area contributed by atoms with Crippen molar-refractivity contribution in [3.05, 3.63) is 101 Å². The van der Waals surface area contributed by atoms with Crippen molar-refractivity contribution < 1.29 is 14.6 Å². The molecule has 0 aromatic heterocycles. The van der Waals surface area contributed by atoms with E-state index in [1.54, 1.807) is 7.11 Å². The van der Waals surface area contributed by atoms with Gasteiger partial charge in [-0.2, -0.15) is 0 Å². The summed E-state index contributed by atoms with van der Waals surface area (Å²) in [7, 11) is 1.72. The molecule has 0 amide bonds. The Morgan fingerprint density at radius 2 is 1.73 bits per heavy atom. The molecule has 3 heterocycles. The van der Waals surface area contributed by atoms with E-state index < -0.39 is 5.97 Å². The maximum absolute atomic E-state index is 12.3. The van der Waals surface area contributed by atoms with Crippen molar-refractivity contribution in [2.45, 2.75) is 50.7 Å². The number of fused-ring (bicyclic) bond motifs is 3. The minimum Gasteiger partial charge on any atom is -0.496 e. The number of hydrogen-bond acceptors (Lipinski definition) is 4. The fraction of sp³-hybridized carbons (Fsp3) is 0.406. The number of carbonyl (C=O) groups is 1. The fourth-order valence-electron chi connectivity index (χ4n) is 6.68. The molecule has 3 fully saturated rings. The van der Waals surface area contributed by atoms with Gasteiger partial charge in [-0.3, -0.25) is 9.69 Å². The highest BCUT2D eigenvalue weighted by molar-refractivity contribution is 5.71. The predicted octanol–water partition coefficient (Wildman–Crippen LogP) is 5.34. The molecular weight excluding hydrogens is 460 g/mol. The van der Waals surface area contributed by atoms with E-state index in [1.165, 1.54) is 16.7 Å². The van der Waals surface area contributed by atoms with E-state index >= 15 is 0 Å². The summed E-state index contributed by atoms with van der Waals surface area (Å²) in [5, 5.41) is 14.0. The smallest absolute Gasteiger partial charge is 0.308 e. The standard InChI is InChI=1S/C32H38N2O3/c1-3-10-22-15-16-28(37-2)25(19-22)20-33-30-26-17-18-34(21-27(26)32(35)36)31(30)29(23-11-6-4-7-12-23)24-13-8-5-9-14-24/h4-9,11-16,19,26-27,29-31,33H,3,10,17-18,20-21H2,1-2H3,(H,35,36)/t26-,27-,30-,31-/m0/s1. The summed E-state index contributed by atoms with van der Waals surface area (Å²) in [6, 6.07) is 28.0. The molecule has 5 atom stereocenters. The van der Waals surface area contributed by atoms with Crippen LogP contribution < -0.4 is 10.1 Å². The quantitative estimate of drug-likeness (QED) is 0.395. The number of carboxylic acid groups (broad SMARTS) is 1. The predicted molar refractivity (Wildman–Crippen MR) is 147 cm³/mol. The third-order valence-corrected chi connectivity index (χ3v) is 8.34. The molecule has 3 aromatic carbocycles. The van der Waals surface area contributed by atoms with Crippen molar-refractivity contribution in [3.63, 3.8) is 0 Å². The van der Waals surface area contributed by atoms with Gasteiger partial charge >= 0.3 is 5.97 Å². The summed E-state index contributed by atoms with van der Waals surface area (Å²) in [6.07, 6.45) is 3.02. The Balaban J connectivity index is 1.53. The molecule has 3 aromatic rings. The van der Waals surface area contributed by atoms with Crippen molar-refractivity contribution in [1.82, 2.24) is 10.2 Å². The first kappa shape index (κ1) is 25.5. The summed E-state index contributed by atoms with van der Waals surface area (Å²) < 4.78 is 5.71. The Hall–Kier alpha value is -3.15. The normalized spacial score (nSPS) is 24.8. The highest BCUT2D eigenvalue weighted by Crippen LogP contribution is 2.44. The number of piperidine rings is 3. The zero-order valence-corrected chi connectivity index (χ0v) is 21.8. The lowest BCUT2D eigenvalue weighted by Crippen LogP contribution is -2.68. The van der Waals surface area contributed by atoms with Gasteiger partial charge in [0, 0.05) is 36.7 Å². The number of nitrogens with one attached hydrogen (secondary N) is 1. The van der Waals surface area contributed by atoms with Crippen molar-refractivity contribution in [1.29, 1.82) is 0 Å². The lowest BCUT2D eigenvalue weighted by Gasteiger charge is -2.56. The second-order valence-corrected chi connectivity index (χ2v) is 10.5. The fourth-order valence-corrected chi connectivity index (χ4v) is 6.68. The Bertz CT molecular complexity index is 1140. The number of hydrogen-bond donors (Lipinski definition) is 2. The Labute approximate surface area is 220 Å². The van der Waals surface area contributed by atoms with Crippen molar-refractivity contribution in [3.8, 4) is 5.75 Å². The van der Waals surface area contributed by atoms with Crippen LogP contribution in [0.25, 0.3) is 0 Å². The highest BCUT2D eigenvalue weighted by Gasteiger charge is 2.52. The molecule has 5 heteroatoms. The van der Waals surface area contributed by atoms with Gasteiger partial charge < -0.3 is 15.2 Å². The van der Waals surface area contributed by atoms with Gasteiger partial charge in [-0.25, -0.2) is 0 Å². The Kier molecular flexibility index (Phi) is 7.92. The van der Waals surface area contributed by atoms with Crippen LogP contribution in [0.2, 0.25) is 0 Å². The number of aliphatic carboxylic acids is 1. The molecule has 5 nitrogen and oxygen atoms in total. The van der Waals surface area contributed by atoms with Crippen LogP contribution in [0.3, 0.4) is 0 Å².